The van der Waals surface area contributed by atoms with Crippen molar-refractivity contribution in [3.8, 4) is 11.5 Å². The quantitative estimate of drug-likeness (QED) is 0.414. The highest BCUT2D eigenvalue weighted by atomic mass is 35.5. The number of hydrogen-bond donors (Lipinski definition) is 3. The van der Waals surface area contributed by atoms with Crippen LogP contribution in [-0.2, 0) is 0 Å². The molecule has 5 rings (SSSR count). The minimum atomic E-state index is -1.11. The molecule has 2 atom stereocenters. The Labute approximate surface area is 170 Å². The summed E-state index contributed by atoms with van der Waals surface area (Å²) in [6, 6.07) is 13.3. The Hall–Kier alpha value is -3.15. The summed E-state index contributed by atoms with van der Waals surface area (Å²) in [5.41, 5.74) is 0.827. The number of halogens is 1. The van der Waals surface area contributed by atoms with E-state index in [0.29, 0.717) is 10.6 Å². The van der Waals surface area contributed by atoms with Gasteiger partial charge in [-0.2, -0.15) is 0 Å². The van der Waals surface area contributed by atoms with Gasteiger partial charge in [-0.15, -0.1) is 0 Å². The fourth-order valence-electron chi connectivity index (χ4n) is 4.54. The first-order valence-corrected chi connectivity index (χ1v) is 9.52. The van der Waals surface area contributed by atoms with Crippen molar-refractivity contribution in [2.45, 2.75) is 18.4 Å². The smallest absolute Gasteiger partial charge is 0.198 e. The molecule has 0 saturated carbocycles. The van der Waals surface area contributed by atoms with E-state index in [1.165, 1.54) is 12.1 Å². The summed E-state index contributed by atoms with van der Waals surface area (Å²) >= 11 is 6.33. The molecular weight excluding hydrogens is 392 g/mol. The number of ketones is 2. The van der Waals surface area contributed by atoms with Crippen molar-refractivity contribution in [1.82, 2.24) is 0 Å². The highest BCUT2D eigenvalue weighted by molar-refractivity contribution is 6.32. The van der Waals surface area contributed by atoms with Crippen LogP contribution in [0.1, 0.15) is 67.0 Å². The molecule has 0 spiro atoms. The summed E-state index contributed by atoms with van der Waals surface area (Å²) < 4.78 is 0. The lowest BCUT2D eigenvalue weighted by Gasteiger charge is -2.23. The number of aliphatic hydroxyl groups excluding tert-OH is 1. The monoisotopic (exact) mass is 406 g/mol. The molecule has 0 saturated heterocycles. The first-order chi connectivity index (χ1) is 13.9. The van der Waals surface area contributed by atoms with Crippen molar-refractivity contribution >= 4 is 23.2 Å². The summed E-state index contributed by atoms with van der Waals surface area (Å²) in [6.45, 7) is 0. The minimum absolute atomic E-state index is 0.0756. The molecular formula is C23H15ClO5. The SMILES string of the molecule is O=C1c2ccccc2C(=O)c2c(O)c3c(c(O)c21)C(O)CC3c1ccccc1Cl. The molecule has 3 aromatic rings. The van der Waals surface area contributed by atoms with E-state index in [9.17, 15) is 24.9 Å². The lowest BCUT2D eigenvalue weighted by Crippen LogP contribution is -2.22. The molecule has 0 heterocycles. The summed E-state index contributed by atoms with van der Waals surface area (Å²) in [5, 5.41) is 33.1. The number of aliphatic hydroxyl groups is 1. The van der Waals surface area contributed by atoms with Crippen LogP contribution >= 0.6 is 11.6 Å². The van der Waals surface area contributed by atoms with Crippen LogP contribution in [0.15, 0.2) is 48.5 Å². The van der Waals surface area contributed by atoms with Crippen LogP contribution in [0.4, 0.5) is 0 Å². The third-order valence-corrected chi connectivity index (χ3v) is 6.16. The van der Waals surface area contributed by atoms with Crippen molar-refractivity contribution < 1.29 is 24.9 Å². The van der Waals surface area contributed by atoms with E-state index in [-0.39, 0.29) is 45.6 Å². The number of benzene rings is 3. The summed E-state index contributed by atoms with van der Waals surface area (Å²) in [7, 11) is 0. The van der Waals surface area contributed by atoms with Gasteiger partial charge in [0.15, 0.2) is 11.6 Å². The third-order valence-electron chi connectivity index (χ3n) is 5.82. The number of hydrogen-bond acceptors (Lipinski definition) is 5. The number of carbonyl (C=O) groups excluding carboxylic acids is 2. The second-order valence-corrected chi connectivity index (χ2v) is 7.71. The first kappa shape index (κ1) is 17.9. The molecule has 3 N–H and O–H groups in total. The molecule has 0 radical (unpaired) electrons. The van der Waals surface area contributed by atoms with Gasteiger partial charge < -0.3 is 15.3 Å². The van der Waals surface area contributed by atoms with Gasteiger partial charge in [-0.3, -0.25) is 9.59 Å². The van der Waals surface area contributed by atoms with Crippen molar-refractivity contribution in [2.24, 2.45) is 0 Å². The minimum Gasteiger partial charge on any atom is -0.507 e. The molecule has 0 bridgehead atoms. The van der Waals surface area contributed by atoms with Gasteiger partial charge in [0, 0.05) is 33.2 Å². The maximum absolute atomic E-state index is 13.1. The Bertz CT molecular complexity index is 1230. The van der Waals surface area contributed by atoms with Gasteiger partial charge in [0.2, 0.25) is 0 Å². The van der Waals surface area contributed by atoms with Gasteiger partial charge >= 0.3 is 0 Å². The molecule has 3 aromatic carbocycles. The predicted molar refractivity (Wildman–Crippen MR) is 106 cm³/mol. The van der Waals surface area contributed by atoms with Gasteiger partial charge in [0.05, 0.1) is 17.2 Å². The van der Waals surface area contributed by atoms with Crippen molar-refractivity contribution in [3.63, 3.8) is 0 Å². The Balaban J connectivity index is 1.82. The molecule has 2 aliphatic carbocycles. The predicted octanol–water partition coefficient (Wildman–Crippen LogP) is 4.10. The van der Waals surface area contributed by atoms with Crippen molar-refractivity contribution in [3.05, 3.63) is 92.5 Å². The Morgan fingerprint density at radius 1 is 0.793 bits per heavy atom. The maximum atomic E-state index is 13.1. The number of aromatic hydroxyl groups is 2. The molecule has 29 heavy (non-hydrogen) atoms. The Morgan fingerprint density at radius 2 is 1.31 bits per heavy atom. The number of carbonyl (C=O) groups is 2. The third kappa shape index (κ3) is 2.32. The standard InChI is InChI=1S/C23H15ClO5/c24-14-8-4-3-5-10(14)13-9-15(25)17-16(13)22(28)18-19(23(17)29)21(27)12-7-2-1-6-11(12)20(18)26/h1-8,13,15,25,28-29H,9H2. The molecule has 144 valence electrons. The van der Waals surface area contributed by atoms with Crippen LogP contribution < -0.4 is 0 Å². The molecule has 0 aliphatic heterocycles. The number of phenolic OH excluding ortho intramolecular Hbond substituents is 2. The first-order valence-electron chi connectivity index (χ1n) is 9.14. The highest BCUT2D eigenvalue weighted by Gasteiger charge is 2.44. The summed E-state index contributed by atoms with van der Waals surface area (Å²) in [6.07, 6.45) is -0.944. The highest BCUT2D eigenvalue weighted by Crippen LogP contribution is 2.56. The van der Waals surface area contributed by atoms with Gasteiger partial charge in [-0.25, -0.2) is 0 Å². The normalized spacial score (nSPS) is 19.7. The Kier molecular flexibility index (Phi) is 3.81. The van der Waals surface area contributed by atoms with Crippen molar-refractivity contribution in [1.29, 1.82) is 0 Å². The molecule has 0 aromatic heterocycles. The fourth-order valence-corrected chi connectivity index (χ4v) is 4.81. The van der Waals surface area contributed by atoms with E-state index < -0.39 is 29.3 Å². The van der Waals surface area contributed by atoms with Crippen LogP contribution in [0.2, 0.25) is 5.02 Å². The molecule has 5 nitrogen and oxygen atoms in total. The zero-order valence-corrected chi connectivity index (χ0v) is 15.8. The summed E-state index contributed by atoms with van der Waals surface area (Å²) in [4.78, 5) is 26.1. The van der Waals surface area contributed by atoms with E-state index in [0.717, 1.165) is 0 Å². The van der Waals surface area contributed by atoms with Gasteiger partial charge in [0.1, 0.15) is 11.5 Å². The zero-order valence-electron chi connectivity index (χ0n) is 15.0. The average Bonchev–Trinajstić information content (AvgIpc) is 3.07. The molecule has 6 heteroatoms. The maximum Gasteiger partial charge on any atom is 0.198 e. The second kappa shape index (κ2) is 6.17. The number of phenols is 2. The van der Waals surface area contributed by atoms with E-state index in [4.69, 9.17) is 11.6 Å². The van der Waals surface area contributed by atoms with E-state index in [1.807, 2.05) is 0 Å². The largest absolute Gasteiger partial charge is 0.507 e. The topological polar surface area (TPSA) is 94.8 Å². The lowest BCUT2D eigenvalue weighted by molar-refractivity contribution is 0.0973. The van der Waals surface area contributed by atoms with Gasteiger partial charge in [-0.1, -0.05) is 54.1 Å². The van der Waals surface area contributed by atoms with E-state index >= 15 is 0 Å². The van der Waals surface area contributed by atoms with Gasteiger partial charge in [-0.05, 0) is 18.1 Å². The average molecular weight is 407 g/mol. The van der Waals surface area contributed by atoms with Crippen LogP contribution in [0.25, 0.3) is 0 Å². The Morgan fingerprint density at radius 3 is 1.90 bits per heavy atom. The van der Waals surface area contributed by atoms with Crippen LogP contribution in [-0.4, -0.2) is 26.9 Å². The number of fused-ring (bicyclic) bond motifs is 3. The molecule has 0 fully saturated rings. The molecule has 0 amide bonds. The van der Waals surface area contributed by atoms with Crippen LogP contribution in [0.3, 0.4) is 0 Å². The van der Waals surface area contributed by atoms with Gasteiger partial charge in [0.25, 0.3) is 0 Å². The van der Waals surface area contributed by atoms with Crippen molar-refractivity contribution in [2.75, 3.05) is 0 Å². The van der Waals surface area contributed by atoms with E-state index in [2.05, 4.69) is 0 Å². The molecule has 2 aliphatic rings. The lowest BCUT2D eigenvalue weighted by atomic mass is 9.79. The zero-order chi connectivity index (χ0) is 20.4. The summed E-state index contributed by atoms with van der Waals surface area (Å²) in [5.74, 6) is -2.46. The van der Waals surface area contributed by atoms with E-state index in [1.54, 1.807) is 36.4 Å². The molecule has 2 unspecified atom stereocenters. The van der Waals surface area contributed by atoms with Crippen LogP contribution in [0, 0.1) is 0 Å². The van der Waals surface area contributed by atoms with Crippen LogP contribution in [0.5, 0.6) is 11.5 Å². The fraction of sp³-hybridized carbons (Fsp3) is 0.130. The number of rotatable bonds is 1. The second-order valence-electron chi connectivity index (χ2n) is 7.30.